The second kappa shape index (κ2) is 5.31. The monoisotopic (exact) mass is 244 g/mol. The fraction of sp³-hybridized carbons (Fsp3) is 0.429. The first-order valence-corrected chi connectivity index (χ1v) is 6.35. The minimum atomic E-state index is -0.161. The highest BCUT2D eigenvalue weighted by Crippen LogP contribution is 2.23. The fourth-order valence-corrected chi connectivity index (χ4v) is 2.16. The largest absolute Gasteiger partial charge is 0.319 e. The molecule has 1 aromatic carbocycles. The SMILES string of the molecule is CCCn1nncc1C(N)c1cccc(C)c1C. The Hall–Kier alpha value is -1.68. The molecule has 2 rings (SSSR count). The third-order valence-corrected chi connectivity index (χ3v) is 3.38. The standard InChI is InChI=1S/C14H20N4/c1-4-8-18-13(9-16-17-18)14(15)12-7-5-6-10(2)11(12)3/h5-7,9,14H,4,8,15H2,1-3H3. The molecule has 18 heavy (non-hydrogen) atoms. The van der Waals surface area contributed by atoms with E-state index in [4.69, 9.17) is 5.73 Å². The van der Waals surface area contributed by atoms with Crippen LogP contribution in [0.1, 0.15) is 41.8 Å². The molecule has 0 amide bonds. The number of rotatable bonds is 4. The summed E-state index contributed by atoms with van der Waals surface area (Å²) in [7, 11) is 0. The first kappa shape index (κ1) is 12.8. The third kappa shape index (κ3) is 2.29. The van der Waals surface area contributed by atoms with Crippen LogP contribution in [0.5, 0.6) is 0 Å². The van der Waals surface area contributed by atoms with Gasteiger partial charge in [-0.15, -0.1) is 5.10 Å². The molecule has 0 spiro atoms. The molecule has 1 atom stereocenters. The summed E-state index contributed by atoms with van der Waals surface area (Å²) in [4.78, 5) is 0. The smallest absolute Gasteiger partial charge is 0.0799 e. The molecular formula is C14H20N4. The van der Waals surface area contributed by atoms with E-state index in [9.17, 15) is 0 Å². The van der Waals surface area contributed by atoms with Gasteiger partial charge in [0.05, 0.1) is 17.9 Å². The van der Waals surface area contributed by atoms with E-state index in [-0.39, 0.29) is 6.04 Å². The Kier molecular flexibility index (Phi) is 3.77. The summed E-state index contributed by atoms with van der Waals surface area (Å²) in [5.74, 6) is 0. The van der Waals surface area contributed by atoms with Gasteiger partial charge in [0.2, 0.25) is 0 Å². The molecule has 0 saturated heterocycles. The van der Waals surface area contributed by atoms with Crippen LogP contribution in [0.2, 0.25) is 0 Å². The zero-order chi connectivity index (χ0) is 13.1. The van der Waals surface area contributed by atoms with Gasteiger partial charge >= 0.3 is 0 Å². The van der Waals surface area contributed by atoms with E-state index in [0.29, 0.717) is 0 Å². The summed E-state index contributed by atoms with van der Waals surface area (Å²) in [5.41, 5.74) is 11.0. The van der Waals surface area contributed by atoms with Crippen molar-refractivity contribution in [3.63, 3.8) is 0 Å². The van der Waals surface area contributed by atoms with Gasteiger partial charge in [0.15, 0.2) is 0 Å². The van der Waals surface area contributed by atoms with Gasteiger partial charge < -0.3 is 5.73 Å². The average molecular weight is 244 g/mol. The van der Waals surface area contributed by atoms with Crippen LogP contribution in [0.15, 0.2) is 24.4 Å². The lowest BCUT2D eigenvalue weighted by Crippen LogP contribution is -2.18. The number of hydrogen-bond acceptors (Lipinski definition) is 3. The highest BCUT2D eigenvalue weighted by Gasteiger charge is 2.16. The molecule has 0 radical (unpaired) electrons. The average Bonchev–Trinajstić information content (AvgIpc) is 2.80. The number of benzene rings is 1. The number of nitrogens with two attached hydrogens (primary N) is 1. The molecule has 4 nitrogen and oxygen atoms in total. The first-order valence-electron chi connectivity index (χ1n) is 6.35. The van der Waals surface area contributed by atoms with E-state index < -0.39 is 0 Å². The Morgan fingerprint density at radius 3 is 2.83 bits per heavy atom. The van der Waals surface area contributed by atoms with Crippen LogP contribution in [0, 0.1) is 13.8 Å². The molecule has 0 aliphatic heterocycles. The van der Waals surface area contributed by atoms with Crippen molar-refractivity contribution in [1.82, 2.24) is 15.0 Å². The minimum Gasteiger partial charge on any atom is -0.319 e. The van der Waals surface area contributed by atoms with Gasteiger partial charge in [-0.25, -0.2) is 4.68 Å². The Balaban J connectivity index is 2.38. The van der Waals surface area contributed by atoms with Crippen LogP contribution in [-0.4, -0.2) is 15.0 Å². The Bertz CT molecular complexity index is 530. The molecule has 2 N–H and O–H groups in total. The molecular weight excluding hydrogens is 224 g/mol. The maximum atomic E-state index is 6.36. The summed E-state index contributed by atoms with van der Waals surface area (Å²) in [6.07, 6.45) is 2.79. The molecule has 2 aromatic rings. The van der Waals surface area contributed by atoms with Crippen LogP contribution in [0.4, 0.5) is 0 Å². The van der Waals surface area contributed by atoms with Crippen molar-refractivity contribution in [3.8, 4) is 0 Å². The van der Waals surface area contributed by atoms with Gasteiger partial charge in [0.1, 0.15) is 0 Å². The van der Waals surface area contributed by atoms with E-state index in [1.807, 2.05) is 10.7 Å². The molecule has 0 bridgehead atoms. The maximum absolute atomic E-state index is 6.36. The number of nitrogens with zero attached hydrogens (tertiary/aromatic N) is 3. The normalized spacial score (nSPS) is 12.7. The highest BCUT2D eigenvalue weighted by molar-refractivity contribution is 5.38. The van der Waals surface area contributed by atoms with Gasteiger partial charge in [-0.1, -0.05) is 30.3 Å². The Morgan fingerprint density at radius 2 is 2.11 bits per heavy atom. The molecule has 1 aromatic heterocycles. The van der Waals surface area contributed by atoms with Crippen LogP contribution < -0.4 is 5.73 Å². The van der Waals surface area contributed by atoms with Crippen molar-refractivity contribution in [1.29, 1.82) is 0 Å². The first-order chi connectivity index (χ1) is 8.65. The molecule has 0 aliphatic rings. The van der Waals surface area contributed by atoms with Gasteiger partial charge in [-0.05, 0) is 37.0 Å². The number of aryl methyl sites for hydroxylation is 2. The number of aromatic nitrogens is 3. The second-order valence-corrected chi connectivity index (χ2v) is 4.65. The van der Waals surface area contributed by atoms with E-state index in [2.05, 4.69) is 43.2 Å². The molecule has 0 fully saturated rings. The van der Waals surface area contributed by atoms with Crippen LogP contribution in [0.25, 0.3) is 0 Å². The quantitative estimate of drug-likeness (QED) is 0.898. The molecule has 1 unspecified atom stereocenters. The van der Waals surface area contributed by atoms with Crippen molar-refractivity contribution in [2.45, 2.75) is 39.8 Å². The lowest BCUT2D eigenvalue weighted by Gasteiger charge is -2.16. The van der Waals surface area contributed by atoms with E-state index in [0.717, 1.165) is 24.2 Å². The zero-order valence-corrected chi connectivity index (χ0v) is 11.2. The highest BCUT2D eigenvalue weighted by atomic mass is 15.4. The van der Waals surface area contributed by atoms with E-state index in [1.54, 1.807) is 6.20 Å². The van der Waals surface area contributed by atoms with Crippen molar-refractivity contribution in [2.75, 3.05) is 0 Å². The van der Waals surface area contributed by atoms with Crippen molar-refractivity contribution in [3.05, 3.63) is 46.8 Å². The van der Waals surface area contributed by atoms with Crippen LogP contribution in [0.3, 0.4) is 0 Å². The lowest BCUT2D eigenvalue weighted by atomic mass is 9.96. The fourth-order valence-electron chi connectivity index (χ4n) is 2.16. The minimum absolute atomic E-state index is 0.161. The Labute approximate surface area is 108 Å². The van der Waals surface area contributed by atoms with Crippen LogP contribution in [-0.2, 0) is 6.54 Å². The third-order valence-electron chi connectivity index (χ3n) is 3.38. The predicted molar refractivity (Wildman–Crippen MR) is 72.3 cm³/mol. The topological polar surface area (TPSA) is 56.7 Å². The molecule has 96 valence electrons. The number of hydrogen-bond donors (Lipinski definition) is 1. The zero-order valence-electron chi connectivity index (χ0n) is 11.2. The summed E-state index contributed by atoms with van der Waals surface area (Å²) in [6.45, 7) is 7.19. The van der Waals surface area contributed by atoms with E-state index >= 15 is 0 Å². The van der Waals surface area contributed by atoms with Gasteiger partial charge in [0, 0.05) is 6.54 Å². The molecule has 1 heterocycles. The second-order valence-electron chi connectivity index (χ2n) is 4.65. The van der Waals surface area contributed by atoms with Crippen molar-refractivity contribution >= 4 is 0 Å². The molecule has 0 saturated carbocycles. The Morgan fingerprint density at radius 1 is 1.33 bits per heavy atom. The summed E-state index contributed by atoms with van der Waals surface area (Å²) in [5, 5.41) is 8.06. The molecule has 0 aliphatic carbocycles. The van der Waals surface area contributed by atoms with Gasteiger partial charge in [-0.3, -0.25) is 0 Å². The summed E-state index contributed by atoms with van der Waals surface area (Å²) >= 11 is 0. The lowest BCUT2D eigenvalue weighted by molar-refractivity contribution is 0.543. The van der Waals surface area contributed by atoms with Gasteiger partial charge in [0.25, 0.3) is 0 Å². The van der Waals surface area contributed by atoms with Crippen LogP contribution >= 0.6 is 0 Å². The van der Waals surface area contributed by atoms with Gasteiger partial charge in [-0.2, -0.15) is 0 Å². The van der Waals surface area contributed by atoms with E-state index in [1.165, 1.54) is 11.1 Å². The van der Waals surface area contributed by atoms with Crippen molar-refractivity contribution < 1.29 is 0 Å². The predicted octanol–water partition coefficient (Wildman–Crippen LogP) is 2.35. The maximum Gasteiger partial charge on any atom is 0.0799 e. The van der Waals surface area contributed by atoms with Crippen molar-refractivity contribution in [2.24, 2.45) is 5.73 Å². The summed E-state index contributed by atoms with van der Waals surface area (Å²) < 4.78 is 1.90. The summed E-state index contributed by atoms with van der Waals surface area (Å²) in [6, 6.07) is 6.07. The molecule has 4 heteroatoms.